The van der Waals surface area contributed by atoms with Crippen LogP contribution in [0.15, 0.2) is 18.2 Å². The second-order valence-electron chi connectivity index (χ2n) is 5.70. The molecule has 18 heavy (non-hydrogen) atoms. The van der Waals surface area contributed by atoms with Gasteiger partial charge in [0, 0.05) is 0 Å². The Morgan fingerprint density at radius 3 is 2.67 bits per heavy atom. The minimum absolute atomic E-state index is 0.0927. The molecule has 1 fully saturated rings. The summed E-state index contributed by atoms with van der Waals surface area (Å²) in [6.07, 6.45) is 7.85. The fourth-order valence-corrected chi connectivity index (χ4v) is 3.14. The van der Waals surface area contributed by atoms with Crippen molar-refractivity contribution in [2.75, 3.05) is 0 Å². The Labute approximate surface area is 109 Å². The molecule has 3 rings (SSSR count). The van der Waals surface area contributed by atoms with E-state index >= 15 is 0 Å². The molecular formula is C16H22O2. The Kier molecular flexibility index (Phi) is 3.67. The van der Waals surface area contributed by atoms with Crippen LogP contribution in [0.1, 0.15) is 48.8 Å². The second-order valence-corrected chi connectivity index (χ2v) is 5.70. The van der Waals surface area contributed by atoms with Crippen molar-refractivity contribution < 1.29 is 9.84 Å². The van der Waals surface area contributed by atoms with E-state index < -0.39 is 0 Å². The summed E-state index contributed by atoms with van der Waals surface area (Å²) < 4.78 is 5.97. The van der Waals surface area contributed by atoms with Crippen molar-refractivity contribution in [3.63, 3.8) is 0 Å². The third-order valence-corrected chi connectivity index (χ3v) is 4.29. The number of aryl methyl sites for hydroxylation is 2. The SMILES string of the molecule is OC1CCC(OCc2ccc3c(c2)CCC3)CC1. The van der Waals surface area contributed by atoms with Gasteiger partial charge in [0.25, 0.3) is 0 Å². The van der Waals surface area contributed by atoms with Gasteiger partial charge < -0.3 is 9.84 Å². The van der Waals surface area contributed by atoms with Crippen LogP contribution in [-0.4, -0.2) is 17.3 Å². The van der Waals surface area contributed by atoms with E-state index in [1.165, 1.54) is 36.0 Å². The summed E-state index contributed by atoms with van der Waals surface area (Å²) in [6, 6.07) is 6.80. The normalized spacial score (nSPS) is 27.2. The first-order valence-electron chi connectivity index (χ1n) is 7.21. The maximum atomic E-state index is 9.46. The zero-order valence-corrected chi connectivity index (χ0v) is 10.9. The molecule has 0 bridgehead atoms. The molecule has 1 aromatic rings. The maximum Gasteiger partial charge on any atom is 0.0720 e. The maximum absolute atomic E-state index is 9.46. The molecule has 1 aromatic carbocycles. The molecule has 0 aliphatic heterocycles. The summed E-state index contributed by atoms with van der Waals surface area (Å²) in [4.78, 5) is 0. The van der Waals surface area contributed by atoms with Gasteiger partial charge in [0.2, 0.25) is 0 Å². The second kappa shape index (κ2) is 5.41. The number of ether oxygens (including phenoxy) is 1. The Bertz CT molecular complexity index is 406. The fraction of sp³-hybridized carbons (Fsp3) is 0.625. The molecule has 1 N–H and O–H groups in total. The number of hydrogen-bond acceptors (Lipinski definition) is 2. The van der Waals surface area contributed by atoms with E-state index in [2.05, 4.69) is 18.2 Å². The van der Waals surface area contributed by atoms with E-state index in [0.29, 0.717) is 6.10 Å². The Balaban J connectivity index is 1.54. The number of rotatable bonds is 3. The average Bonchev–Trinajstić information content (AvgIpc) is 2.85. The minimum atomic E-state index is -0.0927. The molecule has 98 valence electrons. The lowest BCUT2D eigenvalue weighted by molar-refractivity contribution is -0.0118. The van der Waals surface area contributed by atoms with Crippen LogP contribution in [0.5, 0.6) is 0 Å². The molecule has 0 spiro atoms. The van der Waals surface area contributed by atoms with Gasteiger partial charge in [-0.25, -0.2) is 0 Å². The number of aliphatic hydroxyl groups is 1. The van der Waals surface area contributed by atoms with Crippen LogP contribution in [0.2, 0.25) is 0 Å². The zero-order valence-electron chi connectivity index (χ0n) is 10.9. The van der Waals surface area contributed by atoms with E-state index in [9.17, 15) is 5.11 Å². The quantitative estimate of drug-likeness (QED) is 0.888. The summed E-state index contributed by atoms with van der Waals surface area (Å²) in [7, 11) is 0. The van der Waals surface area contributed by atoms with Crippen LogP contribution < -0.4 is 0 Å². The van der Waals surface area contributed by atoms with Gasteiger partial charge in [-0.2, -0.15) is 0 Å². The predicted molar refractivity (Wildman–Crippen MR) is 71.5 cm³/mol. The van der Waals surface area contributed by atoms with Gasteiger partial charge >= 0.3 is 0 Å². The van der Waals surface area contributed by atoms with E-state index in [1.54, 1.807) is 0 Å². The standard InChI is InChI=1S/C16H22O2/c17-15-6-8-16(9-7-15)18-11-12-4-5-13-2-1-3-14(13)10-12/h4-5,10,15-17H,1-3,6-9,11H2. The summed E-state index contributed by atoms with van der Waals surface area (Å²) in [6.45, 7) is 0.730. The summed E-state index contributed by atoms with van der Waals surface area (Å²) in [5.41, 5.74) is 4.36. The van der Waals surface area contributed by atoms with Crippen LogP contribution >= 0.6 is 0 Å². The highest BCUT2D eigenvalue weighted by Gasteiger charge is 2.20. The van der Waals surface area contributed by atoms with Crippen LogP contribution in [0.25, 0.3) is 0 Å². The van der Waals surface area contributed by atoms with Crippen molar-refractivity contribution in [1.29, 1.82) is 0 Å². The number of fused-ring (bicyclic) bond motifs is 1. The van der Waals surface area contributed by atoms with Crippen LogP contribution in [-0.2, 0) is 24.2 Å². The van der Waals surface area contributed by atoms with Crippen molar-refractivity contribution >= 4 is 0 Å². The van der Waals surface area contributed by atoms with Crippen molar-refractivity contribution in [2.24, 2.45) is 0 Å². The lowest BCUT2D eigenvalue weighted by Crippen LogP contribution is -2.24. The Morgan fingerprint density at radius 2 is 1.83 bits per heavy atom. The van der Waals surface area contributed by atoms with Gasteiger partial charge in [0.1, 0.15) is 0 Å². The molecular weight excluding hydrogens is 224 g/mol. The van der Waals surface area contributed by atoms with Crippen molar-refractivity contribution in [3.05, 3.63) is 34.9 Å². The molecule has 2 aliphatic rings. The summed E-state index contributed by atoms with van der Waals surface area (Å²) in [5, 5.41) is 9.46. The number of benzene rings is 1. The Hall–Kier alpha value is -0.860. The average molecular weight is 246 g/mol. The highest BCUT2D eigenvalue weighted by Crippen LogP contribution is 2.25. The van der Waals surface area contributed by atoms with Gasteiger partial charge in [0.05, 0.1) is 18.8 Å². The number of aliphatic hydroxyl groups excluding tert-OH is 1. The third kappa shape index (κ3) is 2.76. The van der Waals surface area contributed by atoms with Crippen LogP contribution in [0.3, 0.4) is 0 Å². The zero-order chi connectivity index (χ0) is 12.4. The fourth-order valence-electron chi connectivity index (χ4n) is 3.14. The first-order valence-corrected chi connectivity index (χ1v) is 7.21. The minimum Gasteiger partial charge on any atom is -0.393 e. The highest BCUT2D eigenvalue weighted by atomic mass is 16.5. The van der Waals surface area contributed by atoms with Crippen molar-refractivity contribution in [2.45, 2.75) is 63.8 Å². The van der Waals surface area contributed by atoms with Crippen molar-refractivity contribution in [3.8, 4) is 0 Å². The van der Waals surface area contributed by atoms with Gasteiger partial charge in [-0.05, 0) is 61.6 Å². The van der Waals surface area contributed by atoms with E-state index in [1.807, 2.05) is 0 Å². The van der Waals surface area contributed by atoms with E-state index in [0.717, 1.165) is 32.3 Å². The predicted octanol–water partition coefficient (Wildman–Crippen LogP) is 3.00. The molecule has 0 heterocycles. The summed E-state index contributed by atoms with van der Waals surface area (Å²) >= 11 is 0. The lowest BCUT2D eigenvalue weighted by atomic mass is 9.95. The van der Waals surface area contributed by atoms with E-state index in [-0.39, 0.29) is 6.10 Å². The highest BCUT2D eigenvalue weighted by molar-refractivity contribution is 5.35. The van der Waals surface area contributed by atoms with Crippen LogP contribution in [0.4, 0.5) is 0 Å². The summed E-state index contributed by atoms with van der Waals surface area (Å²) in [5.74, 6) is 0. The smallest absolute Gasteiger partial charge is 0.0720 e. The van der Waals surface area contributed by atoms with Crippen molar-refractivity contribution in [1.82, 2.24) is 0 Å². The topological polar surface area (TPSA) is 29.5 Å². The first-order chi connectivity index (χ1) is 8.81. The molecule has 0 unspecified atom stereocenters. The molecule has 2 heteroatoms. The molecule has 2 aliphatic carbocycles. The first kappa shape index (κ1) is 12.2. The molecule has 0 amide bonds. The Morgan fingerprint density at radius 1 is 1.06 bits per heavy atom. The monoisotopic (exact) mass is 246 g/mol. The molecule has 0 aromatic heterocycles. The van der Waals surface area contributed by atoms with Gasteiger partial charge in [-0.1, -0.05) is 18.2 Å². The largest absolute Gasteiger partial charge is 0.393 e. The van der Waals surface area contributed by atoms with E-state index in [4.69, 9.17) is 4.74 Å². The van der Waals surface area contributed by atoms with Crippen LogP contribution in [0, 0.1) is 0 Å². The van der Waals surface area contributed by atoms with Gasteiger partial charge in [-0.3, -0.25) is 0 Å². The molecule has 0 radical (unpaired) electrons. The third-order valence-electron chi connectivity index (χ3n) is 4.29. The molecule has 1 saturated carbocycles. The van der Waals surface area contributed by atoms with Gasteiger partial charge in [-0.15, -0.1) is 0 Å². The molecule has 2 nitrogen and oxygen atoms in total. The molecule has 0 saturated heterocycles. The molecule has 0 atom stereocenters. The van der Waals surface area contributed by atoms with Gasteiger partial charge in [0.15, 0.2) is 0 Å². The lowest BCUT2D eigenvalue weighted by Gasteiger charge is -2.25. The number of hydrogen-bond donors (Lipinski definition) is 1.